The van der Waals surface area contributed by atoms with Crippen LogP contribution in [0.4, 0.5) is 5.69 Å². The number of halogens is 1. The lowest BCUT2D eigenvalue weighted by Gasteiger charge is -2.07. The molecular formula is C22H17ClN2O3. The zero-order valence-corrected chi connectivity index (χ0v) is 15.9. The molecule has 1 heterocycles. The molecule has 0 saturated heterocycles. The Kier molecular flexibility index (Phi) is 6.15. The molecule has 0 fully saturated rings. The van der Waals surface area contributed by atoms with Crippen molar-refractivity contribution in [3.05, 3.63) is 77.0 Å². The Balaban J connectivity index is 1.76. The van der Waals surface area contributed by atoms with Crippen LogP contribution in [0.3, 0.4) is 0 Å². The van der Waals surface area contributed by atoms with Crippen molar-refractivity contribution >= 4 is 29.3 Å². The Labute approximate surface area is 167 Å². The van der Waals surface area contributed by atoms with Gasteiger partial charge in [0.05, 0.1) is 6.61 Å². The number of amides is 1. The lowest BCUT2D eigenvalue weighted by molar-refractivity contribution is -0.112. The van der Waals surface area contributed by atoms with Gasteiger partial charge in [-0.05, 0) is 55.5 Å². The van der Waals surface area contributed by atoms with E-state index in [9.17, 15) is 10.1 Å². The third kappa shape index (κ3) is 4.81. The Morgan fingerprint density at radius 1 is 1.21 bits per heavy atom. The highest BCUT2D eigenvalue weighted by atomic mass is 35.5. The van der Waals surface area contributed by atoms with E-state index >= 15 is 0 Å². The molecule has 0 atom stereocenters. The molecule has 3 rings (SSSR count). The number of hydrogen-bond donors (Lipinski definition) is 1. The second-order valence-electron chi connectivity index (χ2n) is 5.79. The van der Waals surface area contributed by atoms with Gasteiger partial charge < -0.3 is 14.5 Å². The normalized spacial score (nSPS) is 11.0. The monoisotopic (exact) mass is 392 g/mol. The van der Waals surface area contributed by atoms with E-state index in [0.717, 1.165) is 5.56 Å². The van der Waals surface area contributed by atoms with Crippen molar-refractivity contribution < 1.29 is 13.9 Å². The Morgan fingerprint density at radius 3 is 2.71 bits per heavy atom. The molecule has 28 heavy (non-hydrogen) atoms. The highest BCUT2D eigenvalue weighted by Gasteiger charge is 2.12. The van der Waals surface area contributed by atoms with Gasteiger partial charge in [-0.1, -0.05) is 17.7 Å². The molecule has 1 aromatic heterocycles. The summed E-state index contributed by atoms with van der Waals surface area (Å²) in [6, 6.07) is 19.5. The number of benzene rings is 2. The van der Waals surface area contributed by atoms with Gasteiger partial charge in [0.1, 0.15) is 28.9 Å². The highest BCUT2D eigenvalue weighted by molar-refractivity contribution is 6.30. The largest absolute Gasteiger partial charge is 0.494 e. The summed E-state index contributed by atoms with van der Waals surface area (Å²) in [6.45, 7) is 2.40. The highest BCUT2D eigenvalue weighted by Crippen LogP contribution is 2.25. The number of carbonyl (C=O) groups is 1. The van der Waals surface area contributed by atoms with Gasteiger partial charge in [-0.3, -0.25) is 4.79 Å². The molecule has 0 unspecified atom stereocenters. The van der Waals surface area contributed by atoms with Crippen LogP contribution in [-0.4, -0.2) is 12.5 Å². The second kappa shape index (κ2) is 8.94. The maximum Gasteiger partial charge on any atom is 0.266 e. The van der Waals surface area contributed by atoms with Crippen LogP contribution < -0.4 is 10.1 Å². The van der Waals surface area contributed by atoms with Crippen molar-refractivity contribution in [3.8, 4) is 23.1 Å². The fraction of sp³-hybridized carbons (Fsp3) is 0.0909. The summed E-state index contributed by atoms with van der Waals surface area (Å²) < 4.78 is 11.1. The van der Waals surface area contributed by atoms with Crippen LogP contribution in [-0.2, 0) is 4.79 Å². The average Bonchev–Trinajstić information content (AvgIpc) is 3.16. The first-order valence-electron chi connectivity index (χ1n) is 8.61. The van der Waals surface area contributed by atoms with Crippen LogP contribution in [0, 0.1) is 11.3 Å². The van der Waals surface area contributed by atoms with E-state index in [1.54, 1.807) is 48.5 Å². The van der Waals surface area contributed by atoms with E-state index in [1.165, 1.54) is 6.08 Å². The molecule has 140 valence electrons. The van der Waals surface area contributed by atoms with Gasteiger partial charge in [-0.15, -0.1) is 0 Å². The number of anilines is 1. The van der Waals surface area contributed by atoms with Crippen molar-refractivity contribution in [1.82, 2.24) is 0 Å². The van der Waals surface area contributed by atoms with Crippen LogP contribution in [0.15, 0.2) is 70.7 Å². The van der Waals surface area contributed by atoms with Gasteiger partial charge in [0.15, 0.2) is 0 Å². The van der Waals surface area contributed by atoms with E-state index in [2.05, 4.69) is 5.32 Å². The van der Waals surface area contributed by atoms with Crippen molar-refractivity contribution in [3.63, 3.8) is 0 Å². The Morgan fingerprint density at radius 2 is 2.00 bits per heavy atom. The minimum atomic E-state index is -0.527. The van der Waals surface area contributed by atoms with Gasteiger partial charge in [0.2, 0.25) is 0 Å². The molecule has 0 aliphatic rings. The molecule has 2 aromatic carbocycles. The number of ether oxygens (including phenoxy) is 1. The molecule has 3 aromatic rings. The van der Waals surface area contributed by atoms with E-state index in [-0.39, 0.29) is 5.57 Å². The van der Waals surface area contributed by atoms with Crippen molar-refractivity contribution in [2.45, 2.75) is 6.92 Å². The van der Waals surface area contributed by atoms with E-state index < -0.39 is 5.91 Å². The molecule has 0 radical (unpaired) electrons. The van der Waals surface area contributed by atoms with Crippen molar-refractivity contribution in [2.24, 2.45) is 0 Å². The van der Waals surface area contributed by atoms with E-state index in [0.29, 0.717) is 34.6 Å². The Bertz CT molecular complexity index is 1050. The number of rotatable bonds is 6. The van der Waals surface area contributed by atoms with E-state index in [1.807, 2.05) is 25.1 Å². The van der Waals surface area contributed by atoms with E-state index in [4.69, 9.17) is 20.8 Å². The number of nitrogens with zero attached hydrogens (tertiary/aromatic N) is 1. The van der Waals surface area contributed by atoms with Crippen LogP contribution in [0.25, 0.3) is 17.4 Å². The minimum absolute atomic E-state index is 0.0705. The smallest absolute Gasteiger partial charge is 0.266 e. The summed E-state index contributed by atoms with van der Waals surface area (Å²) >= 11 is 5.89. The maximum atomic E-state index is 12.4. The van der Waals surface area contributed by atoms with Gasteiger partial charge in [0.25, 0.3) is 5.91 Å². The maximum absolute atomic E-state index is 12.4. The molecule has 0 aliphatic heterocycles. The molecule has 0 aliphatic carbocycles. The SMILES string of the molecule is CCOc1cccc(NC(=O)C(C#N)=Cc2ccc(-c3ccc(Cl)cc3)o2)c1. The molecule has 1 N–H and O–H groups in total. The summed E-state index contributed by atoms with van der Waals surface area (Å²) in [5.74, 6) is 1.13. The molecule has 0 saturated carbocycles. The molecule has 0 bridgehead atoms. The van der Waals surface area contributed by atoms with Crippen LogP contribution in [0.1, 0.15) is 12.7 Å². The first-order chi connectivity index (χ1) is 13.6. The molecular weight excluding hydrogens is 376 g/mol. The molecule has 0 spiro atoms. The van der Waals surface area contributed by atoms with Gasteiger partial charge >= 0.3 is 0 Å². The quantitative estimate of drug-likeness (QED) is 0.441. The van der Waals surface area contributed by atoms with Crippen LogP contribution >= 0.6 is 11.6 Å². The lowest BCUT2D eigenvalue weighted by atomic mass is 10.2. The zero-order chi connectivity index (χ0) is 19.9. The predicted molar refractivity (Wildman–Crippen MR) is 109 cm³/mol. The lowest BCUT2D eigenvalue weighted by Crippen LogP contribution is -2.13. The number of nitrogens with one attached hydrogen (secondary N) is 1. The molecule has 1 amide bonds. The number of nitriles is 1. The fourth-order valence-corrected chi connectivity index (χ4v) is 2.65. The fourth-order valence-electron chi connectivity index (χ4n) is 2.52. The number of furan rings is 1. The third-order valence-corrected chi connectivity index (χ3v) is 4.06. The summed E-state index contributed by atoms with van der Waals surface area (Å²) in [7, 11) is 0. The third-order valence-electron chi connectivity index (χ3n) is 3.81. The second-order valence-corrected chi connectivity index (χ2v) is 6.23. The van der Waals surface area contributed by atoms with Crippen LogP contribution in [0.5, 0.6) is 5.75 Å². The first kappa shape index (κ1) is 19.3. The standard InChI is InChI=1S/C22H17ClN2O3/c1-2-27-19-5-3-4-18(13-19)25-22(26)16(14-24)12-20-10-11-21(28-20)15-6-8-17(23)9-7-15/h3-13H,2H2,1H3,(H,25,26). The van der Waals surface area contributed by atoms with Gasteiger partial charge in [-0.2, -0.15) is 5.26 Å². The summed E-state index contributed by atoms with van der Waals surface area (Å²) in [5, 5.41) is 12.7. The molecule has 6 heteroatoms. The average molecular weight is 393 g/mol. The zero-order valence-electron chi connectivity index (χ0n) is 15.1. The van der Waals surface area contributed by atoms with Crippen molar-refractivity contribution in [2.75, 3.05) is 11.9 Å². The predicted octanol–water partition coefficient (Wildman–Crippen LogP) is 5.54. The topological polar surface area (TPSA) is 75.3 Å². The Hall–Kier alpha value is -3.49. The minimum Gasteiger partial charge on any atom is -0.494 e. The first-order valence-corrected chi connectivity index (χ1v) is 8.98. The molecule has 5 nitrogen and oxygen atoms in total. The van der Waals surface area contributed by atoms with Gasteiger partial charge in [-0.25, -0.2) is 0 Å². The summed E-state index contributed by atoms with van der Waals surface area (Å²) in [6.07, 6.45) is 1.40. The summed E-state index contributed by atoms with van der Waals surface area (Å²) in [4.78, 5) is 12.4. The van der Waals surface area contributed by atoms with Gasteiger partial charge in [0, 0.05) is 28.4 Å². The number of carbonyl (C=O) groups excluding carboxylic acids is 1. The summed E-state index contributed by atoms with van der Waals surface area (Å²) in [5.41, 5.74) is 1.32. The number of hydrogen-bond acceptors (Lipinski definition) is 4. The van der Waals surface area contributed by atoms with Crippen LogP contribution in [0.2, 0.25) is 5.02 Å². The van der Waals surface area contributed by atoms with Crippen molar-refractivity contribution in [1.29, 1.82) is 5.26 Å².